The summed E-state index contributed by atoms with van der Waals surface area (Å²) in [6, 6.07) is 8.05. The van der Waals surface area contributed by atoms with Crippen LogP contribution in [0.3, 0.4) is 0 Å². The molecule has 27 heavy (non-hydrogen) atoms. The van der Waals surface area contributed by atoms with Crippen molar-refractivity contribution in [3.05, 3.63) is 39.9 Å². The van der Waals surface area contributed by atoms with Crippen LogP contribution < -0.4 is 10.6 Å². The van der Waals surface area contributed by atoms with Crippen LogP contribution in [0.2, 0.25) is 0 Å². The van der Waals surface area contributed by atoms with E-state index in [1.807, 2.05) is 45.0 Å². The maximum atomic E-state index is 11.7. The normalized spacial score (nSPS) is 12.4. The van der Waals surface area contributed by atoms with Gasteiger partial charge >= 0.3 is 0 Å². The van der Waals surface area contributed by atoms with E-state index in [4.69, 9.17) is 0 Å². The number of aliphatic hydroxyl groups is 1. The molecule has 0 aliphatic carbocycles. The lowest BCUT2D eigenvalue weighted by Crippen LogP contribution is -2.51. The molecule has 0 saturated heterocycles. The van der Waals surface area contributed by atoms with Gasteiger partial charge in [-0.25, -0.2) is 0 Å². The van der Waals surface area contributed by atoms with Crippen LogP contribution in [-0.2, 0) is 9.63 Å². The maximum absolute atomic E-state index is 11.7. The molecule has 1 amide bonds. The molecule has 3 N–H and O–H groups in total. The second kappa shape index (κ2) is 11.8. The minimum Gasteiger partial charge on any atom is -0.391 e. The number of carbonyl (C=O) groups is 1. The molecule has 8 nitrogen and oxygen atoms in total. The van der Waals surface area contributed by atoms with E-state index in [0.29, 0.717) is 18.8 Å². The third-order valence-electron chi connectivity index (χ3n) is 3.81. The first-order valence-corrected chi connectivity index (χ1v) is 9.84. The van der Waals surface area contributed by atoms with Crippen LogP contribution in [0.5, 0.6) is 0 Å². The van der Waals surface area contributed by atoms with Crippen LogP contribution in [-0.4, -0.2) is 53.2 Å². The van der Waals surface area contributed by atoms with Crippen LogP contribution in [0.25, 0.3) is 0 Å². The highest BCUT2D eigenvalue weighted by atomic mass is 32.2. The van der Waals surface area contributed by atoms with Gasteiger partial charge in [-0.15, -0.1) is 21.9 Å². The van der Waals surface area contributed by atoms with E-state index < -0.39 is 11.2 Å². The molecule has 152 valence electrons. The van der Waals surface area contributed by atoms with Crippen LogP contribution in [0.1, 0.15) is 32.3 Å². The van der Waals surface area contributed by atoms with Gasteiger partial charge in [-0.1, -0.05) is 18.2 Å². The van der Waals surface area contributed by atoms with Crippen molar-refractivity contribution in [3.8, 4) is 0 Å². The van der Waals surface area contributed by atoms with Crippen molar-refractivity contribution in [1.82, 2.24) is 10.6 Å². The summed E-state index contributed by atoms with van der Waals surface area (Å²) in [5.74, 6) is 0.393. The lowest BCUT2D eigenvalue weighted by Gasteiger charge is -2.28. The minimum absolute atomic E-state index is 0.0905. The van der Waals surface area contributed by atoms with E-state index in [2.05, 4.69) is 15.5 Å². The third kappa shape index (κ3) is 10.8. The van der Waals surface area contributed by atoms with Gasteiger partial charge in [0.25, 0.3) is 5.09 Å². The Bertz CT molecular complexity index is 612. The van der Waals surface area contributed by atoms with E-state index in [1.165, 1.54) is 5.56 Å². The minimum atomic E-state index is -0.867. The van der Waals surface area contributed by atoms with Gasteiger partial charge in [-0.05, 0) is 38.8 Å². The third-order valence-corrected chi connectivity index (χ3v) is 5.13. The van der Waals surface area contributed by atoms with Crippen molar-refractivity contribution < 1.29 is 19.8 Å². The fourth-order valence-electron chi connectivity index (χ4n) is 2.20. The SMILES string of the molecule is Cc1ccccc1SCC(O)CNC(C)(C)CNC(=O)CCCO[N+](=O)[O-]. The molecule has 1 unspecified atom stereocenters. The summed E-state index contributed by atoms with van der Waals surface area (Å²) in [5.41, 5.74) is 0.802. The Morgan fingerprint density at radius 3 is 2.78 bits per heavy atom. The monoisotopic (exact) mass is 399 g/mol. The smallest absolute Gasteiger partial charge is 0.294 e. The number of aliphatic hydroxyl groups excluding tert-OH is 1. The zero-order chi connectivity index (χ0) is 20.3. The Labute approximate surface area is 164 Å². The molecule has 1 aromatic carbocycles. The maximum Gasteiger partial charge on any atom is 0.294 e. The zero-order valence-electron chi connectivity index (χ0n) is 16.1. The number of amides is 1. The molecular weight excluding hydrogens is 370 g/mol. The summed E-state index contributed by atoms with van der Waals surface area (Å²) in [5, 5.41) is 25.4. The Morgan fingerprint density at radius 2 is 2.11 bits per heavy atom. The molecule has 0 bridgehead atoms. The van der Waals surface area contributed by atoms with Crippen molar-refractivity contribution in [2.75, 3.05) is 25.4 Å². The number of carbonyl (C=O) groups excluding carboxylic acids is 1. The summed E-state index contributed by atoms with van der Waals surface area (Å²) in [6.07, 6.45) is -0.0568. The molecule has 0 radical (unpaired) electrons. The highest BCUT2D eigenvalue weighted by Crippen LogP contribution is 2.22. The molecular formula is C18H29N3O5S. The van der Waals surface area contributed by atoms with E-state index in [1.54, 1.807) is 11.8 Å². The molecule has 0 saturated carbocycles. The van der Waals surface area contributed by atoms with Crippen molar-refractivity contribution >= 4 is 17.7 Å². The van der Waals surface area contributed by atoms with Crippen molar-refractivity contribution in [2.45, 2.75) is 50.2 Å². The Morgan fingerprint density at radius 1 is 1.41 bits per heavy atom. The first kappa shape index (κ1) is 23.2. The molecule has 1 atom stereocenters. The van der Waals surface area contributed by atoms with E-state index >= 15 is 0 Å². The van der Waals surface area contributed by atoms with E-state index in [9.17, 15) is 20.0 Å². The second-order valence-corrected chi connectivity index (χ2v) is 7.99. The average molecular weight is 400 g/mol. The number of hydrogen-bond donors (Lipinski definition) is 3. The van der Waals surface area contributed by atoms with Gasteiger partial charge in [0, 0.05) is 35.7 Å². The van der Waals surface area contributed by atoms with Gasteiger partial charge in [0.05, 0.1) is 12.7 Å². The zero-order valence-corrected chi connectivity index (χ0v) is 16.9. The Kier molecular flexibility index (Phi) is 10.1. The largest absolute Gasteiger partial charge is 0.391 e. The second-order valence-electron chi connectivity index (χ2n) is 6.93. The predicted octanol–water partition coefficient (Wildman–Crippen LogP) is 1.92. The fourth-order valence-corrected chi connectivity index (χ4v) is 3.16. The molecule has 0 aromatic heterocycles. The molecule has 0 fully saturated rings. The number of benzene rings is 1. The predicted molar refractivity (Wildman–Crippen MR) is 105 cm³/mol. The number of aryl methyl sites for hydroxylation is 1. The number of nitrogens with one attached hydrogen (secondary N) is 2. The lowest BCUT2D eigenvalue weighted by atomic mass is 10.1. The van der Waals surface area contributed by atoms with Crippen LogP contribution in [0.15, 0.2) is 29.2 Å². The molecule has 0 aliphatic heterocycles. The first-order valence-electron chi connectivity index (χ1n) is 8.85. The summed E-state index contributed by atoms with van der Waals surface area (Å²) in [6.45, 7) is 6.63. The van der Waals surface area contributed by atoms with E-state index in [0.717, 1.165) is 4.90 Å². The van der Waals surface area contributed by atoms with Crippen molar-refractivity contribution in [1.29, 1.82) is 0 Å². The summed E-state index contributed by atoms with van der Waals surface area (Å²) >= 11 is 1.62. The first-order chi connectivity index (χ1) is 12.7. The standard InChI is InChI=1S/C18H29N3O5S/c1-14-7-4-5-8-16(14)27-12-15(22)11-20-18(2,3)13-19-17(23)9-6-10-26-21(24)25/h4-5,7-8,15,20,22H,6,9-13H2,1-3H3,(H,19,23). The molecule has 9 heteroatoms. The molecule has 1 aromatic rings. The number of rotatable bonds is 13. The van der Waals surface area contributed by atoms with Gasteiger partial charge in [0.1, 0.15) is 0 Å². The molecule has 0 heterocycles. The number of thioether (sulfide) groups is 1. The fraction of sp³-hybridized carbons (Fsp3) is 0.611. The van der Waals surface area contributed by atoms with Gasteiger partial charge in [0.15, 0.2) is 0 Å². The number of β-amino-alcohol motifs (C(OH)–C–C–N with tert-alkyl or cyclic N) is 1. The Hall–Kier alpha value is -1.84. The van der Waals surface area contributed by atoms with Crippen molar-refractivity contribution in [3.63, 3.8) is 0 Å². The molecule has 0 aliphatic rings. The Balaban J connectivity index is 2.22. The quantitative estimate of drug-likeness (QED) is 0.201. The summed E-state index contributed by atoms with van der Waals surface area (Å²) < 4.78 is 0. The molecule has 0 spiro atoms. The average Bonchev–Trinajstić information content (AvgIpc) is 2.61. The highest BCUT2D eigenvalue weighted by Gasteiger charge is 2.19. The van der Waals surface area contributed by atoms with Gasteiger partial charge in [-0.2, -0.15) is 0 Å². The topological polar surface area (TPSA) is 114 Å². The van der Waals surface area contributed by atoms with Gasteiger partial charge in [-0.3, -0.25) is 4.79 Å². The summed E-state index contributed by atoms with van der Waals surface area (Å²) in [7, 11) is 0. The van der Waals surface area contributed by atoms with Crippen LogP contribution >= 0.6 is 11.8 Å². The van der Waals surface area contributed by atoms with Gasteiger partial charge < -0.3 is 20.6 Å². The van der Waals surface area contributed by atoms with Crippen LogP contribution in [0.4, 0.5) is 0 Å². The highest BCUT2D eigenvalue weighted by molar-refractivity contribution is 7.99. The summed E-state index contributed by atoms with van der Waals surface area (Å²) in [4.78, 5) is 27.1. The van der Waals surface area contributed by atoms with E-state index in [-0.39, 0.29) is 30.9 Å². The van der Waals surface area contributed by atoms with Gasteiger partial charge in [0.2, 0.25) is 5.91 Å². The number of nitrogens with zero attached hydrogens (tertiary/aromatic N) is 1. The van der Waals surface area contributed by atoms with Crippen LogP contribution in [0, 0.1) is 17.0 Å². The number of hydrogen-bond acceptors (Lipinski definition) is 7. The molecule has 1 rings (SSSR count). The lowest BCUT2D eigenvalue weighted by molar-refractivity contribution is -0.757. The van der Waals surface area contributed by atoms with Crippen molar-refractivity contribution in [2.24, 2.45) is 0 Å².